The van der Waals surface area contributed by atoms with Crippen LogP contribution in [0.1, 0.15) is 83.7 Å². The first-order valence-corrected chi connectivity index (χ1v) is 16.1. The van der Waals surface area contributed by atoms with Gasteiger partial charge in [-0.05, 0) is 49.7 Å². The van der Waals surface area contributed by atoms with Crippen LogP contribution < -0.4 is 0 Å². The summed E-state index contributed by atoms with van der Waals surface area (Å²) in [4.78, 5) is 23.5. The van der Waals surface area contributed by atoms with Crippen LogP contribution in [0.2, 0.25) is 0 Å². The number of fused-ring (bicyclic) bond motifs is 2. The number of hydrogen-bond acceptors (Lipinski definition) is 8. The Morgan fingerprint density at radius 3 is 1.51 bits per heavy atom. The Labute approximate surface area is 273 Å². The first kappa shape index (κ1) is 31.6. The van der Waals surface area contributed by atoms with Gasteiger partial charge in [0.25, 0.3) is 0 Å². The molecule has 6 aromatic heterocycles. The summed E-state index contributed by atoms with van der Waals surface area (Å²) in [6.07, 6.45) is 25.4. The quantitative estimate of drug-likeness (QED) is 0.174. The highest BCUT2D eigenvalue weighted by Gasteiger charge is 2.28. The molecule has 8 rings (SSSR count). The van der Waals surface area contributed by atoms with Gasteiger partial charge in [0, 0.05) is 46.7 Å². The number of nitrogens with zero attached hydrogens (tertiary/aromatic N) is 10. The molecule has 0 amide bonds. The van der Waals surface area contributed by atoms with Gasteiger partial charge in [-0.2, -0.15) is 20.7 Å². The van der Waals surface area contributed by atoms with Gasteiger partial charge in [-0.15, -0.1) is 0 Å². The Bertz CT molecular complexity index is 1840. The summed E-state index contributed by atoms with van der Waals surface area (Å²) < 4.78 is 3.93. The standard InChI is InChI=1S/2C17H18N6.CH4/c2*18-7-5-15(12-3-1-2-4-12)23-10-13(9-22-23)16-14-6-8-19-17(14)21-11-20-16;/h2*6,8-12,15H,1-5H2,(H,19,20,21);1H4/t2*15-;/m10./s1. The minimum absolute atomic E-state index is 0. The van der Waals surface area contributed by atoms with Crippen LogP contribution in [0.25, 0.3) is 44.6 Å². The molecule has 2 atom stereocenters. The third-order valence-corrected chi connectivity index (χ3v) is 9.63. The molecular weight excluding hydrogens is 588 g/mol. The van der Waals surface area contributed by atoms with Crippen LogP contribution in [0.4, 0.5) is 0 Å². The Balaban J connectivity index is 0.000000161. The third-order valence-electron chi connectivity index (χ3n) is 9.63. The van der Waals surface area contributed by atoms with E-state index in [-0.39, 0.29) is 19.5 Å². The summed E-state index contributed by atoms with van der Waals surface area (Å²) >= 11 is 0. The van der Waals surface area contributed by atoms with Crippen LogP contribution in [0, 0.1) is 34.5 Å². The molecule has 240 valence electrons. The zero-order valence-electron chi connectivity index (χ0n) is 25.6. The largest absolute Gasteiger partial charge is 0.346 e. The highest BCUT2D eigenvalue weighted by molar-refractivity contribution is 5.90. The fourth-order valence-electron chi connectivity index (χ4n) is 7.31. The number of hydrogen-bond donors (Lipinski definition) is 2. The van der Waals surface area contributed by atoms with E-state index >= 15 is 0 Å². The van der Waals surface area contributed by atoms with E-state index in [4.69, 9.17) is 0 Å². The average Bonchev–Trinajstić information content (AvgIpc) is 3.94. The van der Waals surface area contributed by atoms with Gasteiger partial charge in [0.2, 0.25) is 0 Å². The minimum Gasteiger partial charge on any atom is -0.346 e. The first-order chi connectivity index (χ1) is 22.7. The summed E-state index contributed by atoms with van der Waals surface area (Å²) in [5, 5.41) is 29.4. The van der Waals surface area contributed by atoms with E-state index in [0.717, 1.165) is 44.6 Å². The van der Waals surface area contributed by atoms with Crippen molar-refractivity contribution in [1.82, 2.24) is 49.5 Å². The Hall–Kier alpha value is -5.36. The smallest absolute Gasteiger partial charge is 0.141 e. The molecule has 0 bridgehead atoms. The van der Waals surface area contributed by atoms with E-state index in [1.165, 1.54) is 51.4 Å². The molecule has 0 saturated heterocycles. The second kappa shape index (κ2) is 14.4. The van der Waals surface area contributed by atoms with Gasteiger partial charge in [0.05, 0.1) is 60.8 Å². The maximum atomic E-state index is 9.18. The van der Waals surface area contributed by atoms with Crippen molar-refractivity contribution in [2.24, 2.45) is 11.8 Å². The fourth-order valence-corrected chi connectivity index (χ4v) is 7.31. The van der Waals surface area contributed by atoms with E-state index in [2.05, 4.69) is 52.2 Å². The molecule has 0 aromatic carbocycles. The van der Waals surface area contributed by atoms with Gasteiger partial charge in [-0.3, -0.25) is 9.36 Å². The average molecular weight is 629 g/mol. The Morgan fingerprint density at radius 2 is 1.11 bits per heavy atom. The van der Waals surface area contributed by atoms with Gasteiger partial charge in [0.1, 0.15) is 23.9 Å². The Morgan fingerprint density at radius 1 is 0.681 bits per heavy atom. The molecule has 0 spiro atoms. The lowest BCUT2D eigenvalue weighted by atomic mass is 9.96. The molecular formula is C35H40N12. The molecule has 2 aliphatic rings. The molecule has 2 N–H and O–H groups in total. The van der Waals surface area contributed by atoms with Crippen LogP contribution in [-0.2, 0) is 0 Å². The molecule has 0 aliphatic heterocycles. The van der Waals surface area contributed by atoms with E-state index < -0.39 is 0 Å². The van der Waals surface area contributed by atoms with E-state index in [1.54, 1.807) is 12.7 Å². The third kappa shape index (κ3) is 6.50. The van der Waals surface area contributed by atoms with Crippen LogP contribution >= 0.6 is 0 Å². The van der Waals surface area contributed by atoms with Crippen molar-refractivity contribution < 1.29 is 0 Å². The molecule has 0 unspecified atom stereocenters. The van der Waals surface area contributed by atoms with Gasteiger partial charge in [-0.1, -0.05) is 33.1 Å². The maximum Gasteiger partial charge on any atom is 0.141 e. The van der Waals surface area contributed by atoms with Gasteiger partial charge < -0.3 is 9.97 Å². The molecule has 2 fully saturated rings. The molecule has 47 heavy (non-hydrogen) atoms. The van der Waals surface area contributed by atoms with Crippen LogP contribution in [-0.4, -0.2) is 49.5 Å². The number of H-pyrrole nitrogens is 2. The van der Waals surface area contributed by atoms with Crippen LogP contribution in [0.3, 0.4) is 0 Å². The number of nitrogens with one attached hydrogen (secondary N) is 2. The number of rotatable bonds is 8. The van der Waals surface area contributed by atoms with E-state index in [9.17, 15) is 10.5 Å². The maximum absolute atomic E-state index is 9.18. The second-order valence-corrected chi connectivity index (χ2v) is 12.3. The fraction of sp³-hybridized carbons (Fsp3) is 0.429. The lowest BCUT2D eigenvalue weighted by Gasteiger charge is -2.21. The summed E-state index contributed by atoms with van der Waals surface area (Å²) in [5.74, 6) is 1.11. The molecule has 2 saturated carbocycles. The molecule has 6 heterocycles. The lowest BCUT2D eigenvalue weighted by molar-refractivity contribution is 0.315. The van der Waals surface area contributed by atoms with Crippen molar-refractivity contribution in [3.63, 3.8) is 0 Å². The predicted molar refractivity (Wildman–Crippen MR) is 179 cm³/mol. The normalized spacial score (nSPS) is 16.3. The monoisotopic (exact) mass is 628 g/mol. The van der Waals surface area contributed by atoms with E-state index in [0.29, 0.717) is 24.7 Å². The van der Waals surface area contributed by atoms with Crippen LogP contribution in [0.5, 0.6) is 0 Å². The minimum atomic E-state index is 0. The number of aromatic nitrogens is 10. The molecule has 12 heteroatoms. The highest BCUT2D eigenvalue weighted by Crippen LogP contribution is 2.38. The molecule has 2 aliphatic carbocycles. The van der Waals surface area contributed by atoms with Gasteiger partial charge in [0.15, 0.2) is 0 Å². The summed E-state index contributed by atoms with van der Waals surface area (Å²) in [6, 6.07) is 8.94. The van der Waals surface area contributed by atoms with Gasteiger partial charge in [-0.25, -0.2) is 19.9 Å². The topological polar surface area (TPSA) is 166 Å². The van der Waals surface area contributed by atoms with Crippen molar-refractivity contribution in [2.45, 2.75) is 83.7 Å². The van der Waals surface area contributed by atoms with E-state index in [1.807, 2.05) is 58.7 Å². The first-order valence-electron chi connectivity index (χ1n) is 16.1. The second-order valence-electron chi connectivity index (χ2n) is 12.3. The van der Waals surface area contributed by atoms with Crippen molar-refractivity contribution in [2.75, 3.05) is 0 Å². The summed E-state index contributed by atoms with van der Waals surface area (Å²) in [7, 11) is 0. The SMILES string of the molecule is C.N#CC[C@@H](C1CCCC1)n1cc(-c2ncnc3[nH]ccc23)cn1.N#CC[C@H](C1CCCC1)n1cc(-c2ncnc3[nH]ccc23)cn1. The van der Waals surface area contributed by atoms with Crippen molar-refractivity contribution >= 4 is 22.1 Å². The molecule has 0 radical (unpaired) electrons. The number of nitriles is 2. The molecule has 12 nitrogen and oxygen atoms in total. The summed E-state index contributed by atoms with van der Waals surface area (Å²) in [5.41, 5.74) is 5.35. The van der Waals surface area contributed by atoms with Crippen molar-refractivity contribution in [3.8, 4) is 34.7 Å². The summed E-state index contributed by atoms with van der Waals surface area (Å²) in [6.45, 7) is 0. The highest BCUT2D eigenvalue weighted by atomic mass is 15.3. The zero-order valence-corrected chi connectivity index (χ0v) is 25.6. The van der Waals surface area contributed by atoms with Crippen molar-refractivity contribution in [1.29, 1.82) is 10.5 Å². The van der Waals surface area contributed by atoms with Gasteiger partial charge >= 0.3 is 0 Å². The van der Waals surface area contributed by atoms with Crippen molar-refractivity contribution in [3.05, 3.63) is 62.0 Å². The zero-order chi connectivity index (χ0) is 31.3. The Kier molecular flexibility index (Phi) is 9.67. The number of aromatic amines is 2. The molecule has 6 aromatic rings. The predicted octanol–water partition coefficient (Wildman–Crippen LogP) is 7.57. The lowest BCUT2D eigenvalue weighted by Crippen LogP contribution is -2.17. The van der Waals surface area contributed by atoms with Crippen LogP contribution in [0.15, 0.2) is 62.0 Å².